The molecular weight excluding hydrogens is 166 g/mol. The summed E-state index contributed by atoms with van der Waals surface area (Å²) in [5.41, 5.74) is 0.816. The fourth-order valence-corrected chi connectivity index (χ4v) is 1.03. The van der Waals surface area contributed by atoms with E-state index in [2.05, 4.69) is 11.9 Å². The molecule has 3 heteroatoms. The van der Waals surface area contributed by atoms with Gasteiger partial charge in [0.2, 0.25) is 0 Å². The van der Waals surface area contributed by atoms with E-state index in [9.17, 15) is 4.79 Å². The lowest BCUT2D eigenvalue weighted by Crippen LogP contribution is -2.27. The summed E-state index contributed by atoms with van der Waals surface area (Å²) in [7, 11) is 0. The van der Waals surface area contributed by atoms with Crippen LogP contribution in [0.25, 0.3) is 0 Å². The van der Waals surface area contributed by atoms with Crippen LogP contribution in [0.5, 0.6) is 0 Å². The van der Waals surface area contributed by atoms with Gasteiger partial charge in [-0.25, -0.2) is 0 Å². The van der Waals surface area contributed by atoms with E-state index in [-0.39, 0.29) is 24.2 Å². The Balaban J connectivity index is 4.01. The molecular formula is C10H19NO2. The van der Waals surface area contributed by atoms with Crippen molar-refractivity contribution in [3.05, 3.63) is 12.3 Å². The standard InChI is InChI=1S/C10H19NO2/c1-7(8(2)10(4)13)9(3)11-5-6-12/h7-8,11-12H,3,5-6H2,1-2,4H3. The zero-order valence-electron chi connectivity index (χ0n) is 8.63. The molecule has 0 saturated carbocycles. The topological polar surface area (TPSA) is 49.3 Å². The number of rotatable bonds is 6. The number of nitrogens with one attached hydrogen (secondary N) is 1. The Kier molecular flexibility index (Phi) is 5.39. The first-order valence-corrected chi connectivity index (χ1v) is 4.54. The van der Waals surface area contributed by atoms with E-state index in [0.29, 0.717) is 6.54 Å². The van der Waals surface area contributed by atoms with E-state index in [4.69, 9.17) is 5.11 Å². The van der Waals surface area contributed by atoms with Crippen LogP contribution in [0.1, 0.15) is 20.8 Å². The molecule has 0 saturated heterocycles. The largest absolute Gasteiger partial charge is 0.395 e. The Bertz CT molecular complexity index is 189. The van der Waals surface area contributed by atoms with Crippen molar-refractivity contribution in [2.75, 3.05) is 13.2 Å². The van der Waals surface area contributed by atoms with Gasteiger partial charge in [-0.05, 0) is 6.92 Å². The van der Waals surface area contributed by atoms with Crippen LogP contribution in [0.2, 0.25) is 0 Å². The molecule has 0 aliphatic heterocycles. The molecule has 0 rings (SSSR count). The molecule has 2 unspecified atom stereocenters. The van der Waals surface area contributed by atoms with Gasteiger partial charge in [0, 0.05) is 24.1 Å². The van der Waals surface area contributed by atoms with Crippen LogP contribution >= 0.6 is 0 Å². The average molecular weight is 185 g/mol. The van der Waals surface area contributed by atoms with Crippen LogP contribution in [0.4, 0.5) is 0 Å². The van der Waals surface area contributed by atoms with Gasteiger partial charge >= 0.3 is 0 Å². The third-order valence-electron chi connectivity index (χ3n) is 2.40. The lowest BCUT2D eigenvalue weighted by atomic mass is 9.90. The molecule has 0 aromatic carbocycles. The van der Waals surface area contributed by atoms with Crippen molar-refractivity contribution in [3.63, 3.8) is 0 Å². The van der Waals surface area contributed by atoms with E-state index >= 15 is 0 Å². The van der Waals surface area contributed by atoms with Crippen LogP contribution in [0, 0.1) is 11.8 Å². The van der Waals surface area contributed by atoms with E-state index in [1.165, 1.54) is 0 Å². The van der Waals surface area contributed by atoms with Crippen molar-refractivity contribution in [2.45, 2.75) is 20.8 Å². The molecule has 0 aromatic heterocycles. The number of Topliss-reactive ketones (excluding diaryl/α,β-unsaturated/α-hetero) is 1. The first-order chi connectivity index (χ1) is 6.00. The second-order valence-corrected chi connectivity index (χ2v) is 3.36. The van der Waals surface area contributed by atoms with Gasteiger partial charge in [-0.1, -0.05) is 20.4 Å². The summed E-state index contributed by atoms with van der Waals surface area (Å²) in [6.45, 7) is 9.83. The minimum atomic E-state index is -0.0151. The number of allylic oxidation sites excluding steroid dienone is 1. The SMILES string of the molecule is C=C(NCCO)C(C)C(C)C(C)=O. The Labute approximate surface area is 79.8 Å². The summed E-state index contributed by atoms with van der Waals surface area (Å²) < 4.78 is 0. The molecule has 0 aromatic rings. The molecule has 0 spiro atoms. The van der Waals surface area contributed by atoms with Crippen LogP contribution in [0.3, 0.4) is 0 Å². The molecule has 76 valence electrons. The van der Waals surface area contributed by atoms with Gasteiger partial charge in [-0.15, -0.1) is 0 Å². The third kappa shape index (κ3) is 4.08. The van der Waals surface area contributed by atoms with E-state index in [0.717, 1.165) is 5.70 Å². The van der Waals surface area contributed by atoms with Gasteiger partial charge in [0.05, 0.1) is 6.61 Å². The lowest BCUT2D eigenvalue weighted by Gasteiger charge is -2.20. The summed E-state index contributed by atoms with van der Waals surface area (Å²) >= 11 is 0. The Morgan fingerprint density at radius 3 is 2.38 bits per heavy atom. The van der Waals surface area contributed by atoms with Crippen molar-refractivity contribution in [1.82, 2.24) is 5.32 Å². The highest BCUT2D eigenvalue weighted by molar-refractivity contribution is 5.78. The van der Waals surface area contributed by atoms with Gasteiger partial charge in [0.15, 0.2) is 0 Å². The normalized spacial score (nSPS) is 14.8. The lowest BCUT2D eigenvalue weighted by molar-refractivity contribution is -0.121. The number of ketones is 1. The minimum Gasteiger partial charge on any atom is -0.395 e. The summed E-state index contributed by atoms with van der Waals surface area (Å²) in [4.78, 5) is 11.0. The fourth-order valence-electron chi connectivity index (χ4n) is 1.03. The highest BCUT2D eigenvalue weighted by Gasteiger charge is 2.18. The van der Waals surface area contributed by atoms with Gasteiger partial charge in [0.25, 0.3) is 0 Å². The molecule has 0 fully saturated rings. The molecule has 0 aliphatic carbocycles. The Morgan fingerprint density at radius 1 is 1.46 bits per heavy atom. The predicted octanol–water partition coefficient (Wildman–Crippen LogP) is 0.943. The molecule has 0 amide bonds. The summed E-state index contributed by atoms with van der Waals surface area (Å²) in [6, 6.07) is 0. The highest BCUT2D eigenvalue weighted by Crippen LogP contribution is 2.17. The fraction of sp³-hybridized carbons (Fsp3) is 0.700. The van der Waals surface area contributed by atoms with Crippen LogP contribution in [-0.2, 0) is 4.79 Å². The molecule has 2 atom stereocenters. The third-order valence-corrected chi connectivity index (χ3v) is 2.40. The van der Waals surface area contributed by atoms with Crippen LogP contribution in [-0.4, -0.2) is 24.0 Å². The Morgan fingerprint density at radius 2 is 2.00 bits per heavy atom. The van der Waals surface area contributed by atoms with Crippen LogP contribution < -0.4 is 5.32 Å². The summed E-state index contributed by atoms with van der Waals surface area (Å²) in [6.07, 6.45) is 0. The number of aliphatic hydroxyl groups is 1. The Hall–Kier alpha value is -0.830. The smallest absolute Gasteiger partial charge is 0.133 e. The first kappa shape index (κ1) is 12.2. The zero-order valence-corrected chi connectivity index (χ0v) is 8.63. The molecule has 0 heterocycles. The minimum absolute atomic E-state index is 0.0151. The van der Waals surface area contributed by atoms with Crippen molar-refractivity contribution >= 4 is 5.78 Å². The van der Waals surface area contributed by atoms with E-state index < -0.39 is 0 Å². The maximum atomic E-state index is 11.0. The van der Waals surface area contributed by atoms with Gasteiger partial charge in [0.1, 0.15) is 5.78 Å². The van der Waals surface area contributed by atoms with Gasteiger partial charge < -0.3 is 10.4 Å². The second-order valence-electron chi connectivity index (χ2n) is 3.36. The molecule has 2 N–H and O–H groups in total. The van der Waals surface area contributed by atoms with Crippen molar-refractivity contribution in [1.29, 1.82) is 0 Å². The van der Waals surface area contributed by atoms with Gasteiger partial charge in [-0.3, -0.25) is 4.79 Å². The maximum Gasteiger partial charge on any atom is 0.133 e. The summed E-state index contributed by atoms with van der Waals surface area (Å²) in [5.74, 6) is 0.266. The quantitative estimate of drug-likeness (QED) is 0.647. The number of hydrogen-bond acceptors (Lipinski definition) is 3. The molecule has 0 aliphatic rings. The highest BCUT2D eigenvalue weighted by atomic mass is 16.3. The van der Waals surface area contributed by atoms with Crippen molar-refractivity contribution < 1.29 is 9.90 Å². The summed E-state index contributed by atoms with van der Waals surface area (Å²) in [5, 5.41) is 11.5. The monoisotopic (exact) mass is 185 g/mol. The average Bonchev–Trinajstić information content (AvgIpc) is 2.11. The number of carbonyl (C=O) groups excluding carboxylic acids is 1. The second kappa shape index (κ2) is 5.75. The molecule has 13 heavy (non-hydrogen) atoms. The van der Waals surface area contributed by atoms with Crippen LogP contribution in [0.15, 0.2) is 12.3 Å². The number of carbonyl (C=O) groups is 1. The maximum absolute atomic E-state index is 11.0. The van der Waals surface area contributed by atoms with E-state index in [1.54, 1.807) is 6.92 Å². The van der Waals surface area contributed by atoms with Crippen molar-refractivity contribution in [2.24, 2.45) is 11.8 Å². The number of aliphatic hydroxyl groups excluding tert-OH is 1. The first-order valence-electron chi connectivity index (χ1n) is 4.54. The molecule has 0 bridgehead atoms. The zero-order chi connectivity index (χ0) is 10.4. The van der Waals surface area contributed by atoms with Crippen molar-refractivity contribution in [3.8, 4) is 0 Å². The molecule has 3 nitrogen and oxygen atoms in total. The predicted molar refractivity (Wildman–Crippen MR) is 53.2 cm³/mol. The van der Waals surface area contributed by atoms with E-state index in [1.807, 2.05) is 13.8 Å². The van der Waals surface area contributed by atoms with Gasteiger partial charge in [-0.2, -0.15) is 0 Å². The number of hydrogen-bond donors (Lipinski definition) is 2. The molecule has 0 radical (unpaired) electrons.